The van der Waals surface area contributed by atoms with Gasteiger partial charge in [0.25, 0.3) is 5.69 Å². The lowest BCUT2D eigenvalue weighted by Crippen LogP contribution is -2.33. The maximum Gasteiger partial charge on any atom is 0.336 e. The second-order valence-electron chi connectivity index (χ2n) is 6.97. The number of allylic oxidation sites excluding steroid dienone is 2. The van der Waals surface area contributed by atoms with Crippen LogP contribution in [0.4, 0.5) is 5.69 Å². The number of nitro benzene ring substituents is 1. The monoisotopic (exact) mass is 416 g/mol. The molecule has 30 heavy (non-hydrogen) atoms. The number of hydrogen-bond donors (Lipinski definition) is 1. The zero-order valence-electron chi connectivity index (χ0n) is 17.8. The van der Waals surface area contributed by atoms with Crippen molar-refractivity contribution in [1.82, 2.24) is 5.32 Å². The molecule has 0 bridgehead atoms. The lowest BCUT2D eigenvalue weighted by Gasteiger charge is -2.31. The Labute approximate surface area is 176 Å². The maximum atomic E-state index is 13.0. The van der Waals surface area contributed by atoms with Crippen molar-refractivity contribution < 1.29 is 24.0 Å². The number of nitrogens with zero attached hydrogens (tertiary/aromatic N) is 1. The van der Waals surface area contributed by atoms with E-state index in [0.717, 1.165) is 0 Å². The first-order chi connectivity index (χ1) is 14.3. The Balaban J connectivity index is 2.67. The van der Waals surface area contributed by atoms with Gasteiger partial charge in [0.1, 0.15) is 0 Å². The number of esters is 2. The van der Waals surface area contributed by atoms with Gasteiger partial charge >= 0.3 is 11.9 Å². The number of non-ortho nitro benzene ring substituents is 1. The van der Waals surface area contributed by atoms with Crippen molar-refractivity contribution in [2.45, 2.75) is 52.9 Å². The van der Waals surface area contributed by atoms with E-state index >= 15 is 0 Å². The normalized spacial score (nSPS) is 16.2. The Kier molecular flexibility index (Phi) is 8.15. The molecule has 1 N–H and O–H groups in total. The van der Waals surface area contributed by atoms with Crippen LogP contribution in [0.1, 0.15) is 58.4 Å². The smallest absolute Gasteiger partial charge is 0.336 e. The van der Waals surface area contributed by atoms with Crippen LogP contribution in [0.5, 0.6) is 0 Å². The zero-order valence-corrected chi connectivity index (χ0v) is 17.8. The third-order valence-corrected chi connectivity index (χ3v) is 4.73. The van der Waals surface area contributed by atoms with Crippen LogP contribution in [-0.2, 0) is 19.1 Å². The summed E-state index contributed by atoms with van der Waals surface area (Å²) in [7, 11) is 0. The highest BCUT2D eigenvalue weighted by molar-refractivity contribution is 6.00. The molecule has 1 heterocycles. The molecule has 1 unspecified atom stereocenters. The molecule has 8 nitrogen and oxygen atoms in total. The van der Waals surface area contributed by atoms with Gasteiger partial charge in [-0.05, 0) is 31.7 Å². The van der Waals surface area contributed by atoms with Crippen molar-refractivity contribution >= 4 is 17.6 Å². The second kappa shape index (κ2) is 10.6. The Hall–Kier alpha value is -3.16. The molecule has 1 atom stereocenters. The van der Waals surface area contributed by atoms with Crippen LogP contribution >= 0.6 is 0 Å². The summed E-state index contributed by atoms with van der Waals surface area (Å²) in [6.45, 7) is 7.85. The van der Waals surface area contributed by atoms with Gasteiger partial charge < -0.3 is 14.8 Å². The van der Waals surface area contributed by atoms with Gasteiger partial charge in [0.05, 0.1) is 35.2 Å². The minimum absolute atomic E-state index is 0.121. The Morgan fingerprint density at radius 1 is 1.07 bits per heavy atom. The number of benzene rings is 1. The van der Waals surface area contributed by atoms with Crippen molar-refractivity contribution in [2.75, 3.05) is 13.2 Å². The molecule has 0 aliphatic carbocycles. The van der Waals surface area contributed by atoms with Crippen molar-refractivity contribution in [3.8, 4) is 0 Å². The first kappa shape index (κ1) is 23.1. The number of hydrogen-bond acceptors (Lipinski definition) is 7. The predicted molar refractivity (Wildman–Crippen MR) is 111 cm³/mol. The van der Waals surface area contributed by atoms with E-state index < -0.39 is 22.8 Å². The van der Waals surface area contributed by atoms with Crippen LogP contribution in [0.15, 0.2) is 46.8 Å². The molecule has 0 fully saturated rings. The van der Waals surface area contributed by atoms with E-state index in [1.807, 2.05) is 20.8 Å². The van der Waals surface area contributed by atoms with Gasteiger partial charge in [0, 0.05) is 23.5 Å². The SMILES string of the molecule is CCCOC(=O)C1=C(C)NC(CC)=C(C(=O)OCCC)C1c1cccc([N+](=O)[O-])c1. The van der Waals surface area contributed by atoms with Gasteiger partial charge in [-0.15, -0.1) is 0 Å². The molecule has 0 saturated carbocycles. The summed E-state index contributed by atoms with van der Waals surface area (Å²) in [5.74, 6) is -1.94. The highest BCUT2D eigenvalue weighted by Gasteiger charge is 2.39. The average Bonchev–Trinajstić information content (AvgIpc) is 2.74. The zero-order chi connectivity index (χ0) is 22.3. The number of ether oxygens (including phenoxy) is 2. The van der Waals surface area contributed by atoms with Gasteiger partial charge in [-0.3, -0.25) is 10.1 Å². The van der Waals surface area contributed by atoms with Gasteiger partial charge in [-0.25, -0.2) is 9.59 Å². The number of rotatable bonds is 9. The lowest BCUT2D eigenvalue weighted by molar-refractivity contribution is -0.384. The summed E-state index contributed by atoms with van der Waals surface area (Å²) in [6.07, 6.45) is 1.79. The molecule has 8 heteroatoms. The fourth-order valence-corrected chi connectivity index (χ4v) is 3.38. The third kappa shape index (κ3) is 5.06. The number of nitro groups is 1. The molecule has 0 aromatic heterocycles. The number of nitrogens with one attached hydrogen (secondary N) is 1. The molecule has 2 rings (SSSR count). The van der Waals surface area contributed by atoms with E-state index in [2.05, 4.69) is 5.32 Å². The van der Waals surface area contributed by atoms with E-state index in [4.69, 9.17) is 9.47 Å². The molecule has 0 saturated heterocycles. The third-order valence-electron chi connectivity index (χ3n) is 4.73. The van der Waals surface area contributed by atoms with Crippen LogP contribution in [0.2, 0.25) is 0 Å². The number of carbonyl (C=O) groups excluding carboxylic acids is 2. The van der Waals surface area contributed by atoms with Gasteiger partial charge in [0.15, 0.2) is 0 Å². The summed E-state index contributed by atoms with van der Waals surface area (Å²) in [6, 6.07) is 5.97. The molecular weight excluding hydrogens is 388 g/mol. The Morgan fingerprint density at radius 2 is 1.67 bits per heavy atom. The minimum Gasteiger partial charge on any atom is -0.462 e. The molecule has 1 aromatic carbocycles. The van der Waals surface area contributed by atoms with Crippen LogP contribution in [0.25, 0.3) is 0 Å². The average molecular weight is 416 g/mol. The first-order valence-corrected chi connectivity index (χ1v) is 10.1. The van der Waals surface area contributed by atoms with Crippen molar-refractivity contribution in [3.05, 3.63) is 62.5 Å². The van der Waals surface area contributed by atoms with Gasteiger partial charge in [-0.2, -0.15) is 0 Å². The molecule has 1 aliphatic rings. The van der Waals surface area contributed by atoms with Crippen molar-refractivity contribution in [2.24, 2.45) is 0 Å². The van der Waals surface area contributed by atoms with E-state index in [-0.39, 0.29) is 30.0 Å². The van der Waals surface area contributed by atoms with Crippen LogP contribution in [0.3, 0.4) is 0 Å². The second-order valence-corrected chi connectivity index (χ2v) is 6.97. The summed E-state index contributed by atoms with van der Waals surface area (Å²) >= 11 is 0. The summed E-state index contributed by atoms with van der Waals surface area (Å²) < 4.78 is 10.8. The topological polar surface area (TPSA) is 108 Å². The highest BCUT2D eigenvalue weighted by atomic mass is 16.6. The van der Waals surface area contributed by atoms with E-state index in [1.165, 1.54) is 12.1 Å². The largest absolute Gasteiger partial charge is 0.462 e. The number of carbonyl (C=O) groups is 2. The van der Waals surface area contributed by atoms with Gasteiger partial charge in [0.2, 0.25) is 0 Å². The maximum absolute atomic E-state index is 13.0. The first-order valence-electron chi connectivity index (χ1n) is 10.1. The molecular formula is C22H28N2O6. The van der Waals surface area contributed by atoms with Crippen LogP contribution in [0, 0.1) is 10.1 Å². The molecule has 1 aromatic rings. The minimum atomic E-state index is -0.824. The van der Waals surface area contributed by atoms with Crippen LogP contribution in [-0.4, -0.2) is 30.1 Å². The molecule has 0 radical (unpaired) electrons. The van der Waals surface area contributed by atoms with E-state index in [0.29, 0.717) is 36.2 Å². The standard InChI is InChI=1S/C22H28N2O6/c1-5-11-29-21(25)18-14(4)23-17(7-3)20(22(26)30-12-6-2)19(18)15-9-8-10-16(13-15)24(27)28/h8-10,13,19,23H,5-7,11-12H2,1-4H3. The number of dihydropyridines is 1. The molecule has 0 spiro atoms. The van der Waals surface area contributed by atoms with E-state index in [1.54, 1.807) is 19.1 Å². The summed E-state index contributed by atoms with van der Waals surface area (Å²) in [5, 5.41) is 14.5. The fourth-order valence-electron chi connectivity index (χ4n) is 3.38. The Morgan fingerprint density at radius 3 is 2.20 bits per heavy atom. The highest BCUT2D eigenvalue weighted by Crippen LogP contribution is 2.40. The van der Waals surface area contributed by atoms with Gasteiger partial charge in [-0.1, -0.05) is 32.9 Å². The molecule has 162 valence electrons. The summed E-state index contributed by atoms with van der Waals surface area (Å²) in [4.78, 5) is 36.7. The fraction of sp³-hybridized carbons (Fsp3) is 0.455. The quantitative estimate of drug-likeness (QED) is 0.366. The van der Waals surface area contributed by atoms with Crippen molar-refractivity contribution in [3.63, 3.8) is 0 Å². The molecule has 1 aliphatic heterocycles. The van der Waals surface area contributed by atoms with Crippen molar-refractivity contribution in [1.29, 1.82) is 0 Å². The molecule has 0 amide bonds. The van der Waals surface area contributed by atoms with Crippen LogP contribution < -0.4 is 5.32 Å². The Bertz CT molecular complexity index is 887. The summed E-state index contributed by atoms with van der Waals surface area (Å²) in [5.41, 5.74) is 2.05. The predicted octanol–water partition coefficient (Wildman–Crippen LogP) is 4.13. The lowest BCUT2D eigenvalue weighted by atomic mass is 9.79. The van der Waals surface area contributed by atoms with E-state index in [9.17, 15) is 19.7 Å².